The minimum Gasteiger partial charge on any atom is -0.496 e. The Bertz CT molecular complexity index is 939. The molecule has 0 saturated carbocycles. The van der Waals surface area contributed by atoms with Crippen molar-refractivity contribution in [3.8, 4) is 5.75 Å². The number of hydrogen-bond acceptors (Lipinski definition) is 6. The quantitative estimate of drug-likeness (QED) is 0.608. The van der Waals surface area contributed by atoms with Crippen LogP contribution in [-0.2, 0) is 22.6 Å². The van der Waals surface area contributed by atoms with Crippen molar-refractivity contribution in [1.82, 2.24) is 19.6 Å². The van der Waals surface area contributed by atoms with Crippen LogP contribution in [0.1, 0.15) is 22.5 Å². The lowest BCUT2D eigenvalue weighted by Crippen LogP contribution is -2.13. The number of esters is 1. The second-order valence-electron chi connectivity index (χ2n) is 5.53. The van der Waals surface area contributed by atoms with Gasteiger partial charge in [-0.05, 0) is 32.0 Å². The molecule has 0 aliphatic carbocycles. The molecular formula is C17H17BrN4O3. The van der Waals surface area contributed by atoms with Gasteiger partial charge in [-0.3, -0.25) is 4.79 Å². The number of nitrogens with zero attached hydrogens (tertiary/aromatic N) is 4. The first kappa shape index (κ1) is 17.3. The highest BCUT2D eigenvalue weighted by atomic mass is 79.9. The zero-order valence-corrected chi connectivity index (χ0v) is 15.7. The molecule has 0 spiro atoms. The number of methoxy groups -OCH3 is 1. The average Bonchev–Trinajstić information content (AvgIpc) is 3.05. The van der Waals surface area contributed by atoms with Crippen molar-refractivity contribution in [2.45, 2.75) is 26.9 Å². The highest BCUT2D eigenvalue weighted by Gasteiger charge is 2.16. The number of hydrogen-bond donors (Lipinski definition) is 0. The molecule has 7 nitrogen and oxygen atoms in total. The Morgan fingerprint density at radius 3 is 2.88 bits per heavy atom. The Balaban J connectivity index is 1.74. The molecule has 3 rings (SSSR count). The van der Waals surface area contributed by atoms with Crippen LogP contribution in [0.2, 0.25) is 0 Å². The summed E-state index contributed by atoms with van der Waals surface area (Å²) < 4.78 is 13.2. The summed E-state index contributed by atoms with van der Waals surface area (Å²) in [6.45, 7) is 3.87. The molecule has 0 atom stereocenters. The normalized spacial score (nSPS) is 10.9. The zero-order chi connectivity index (χ0) is 18.0. The molecule has 3 aromatic rings. The molecule has 0 aliphatic rings. The molecule has 0 radical (unpaired) electrons. The highest BCUT2D eigenvalue weighted by Crippen LogP contribution is 2.24. The summed E-state index contributed by atoms with van der Waals surface area (Å²) in [5, 5.41) is 4.12. The number of rotatable bonds is 5. The van der Waals surface area contributed by atoms with Crippen LogP contribution < -0.4 is 4.74 Å². The molecule has 130 valence electrons. The van der Waals surface area contributed by atoms with Gasteiger partial charge in [0.05, 0.1) is 13.5 Å². The van der Waals surface area contributed by atoms with Gasteiger partial charge in [-0.2, -0.15) is 10.1 Å². The van der Waals surface area contributed by atoms with Gasteiger partial charge in [-0.15, -0.1) is 0 Å². The molecule has 0 bridgehead atoms. The zero-order valence-electron chi connectivity index (χ0n) is 14.1. The van der Waals surface area contributed by atoms with E-state index in [2.05, 4.69) is 31.0 Å². The van der Waals surface area contributed by atoms with E-state index in [1.165, 1.54) is 6.33 Å². The summed E-state index contributed by atoms with van der Waals surface area (Å²) in [6, 6.07) is 5.56. The van der Waals surface area contributed by atoms with Crippen molar-refractivity contribution in [2.75, 3.05) is 7.11 Å². The lowest BCUT2D eigenvalue weighted by atomic mass is 10.1. The average molecular weight is 405 g/mol. The molecule has 0 N–H and O–H groups in total. The largest absolute Gasteiger partial charge is 0.496 e. The van der Waals surface area contributed by atoms with E-state index in [-0.39, 0.29) is 19.0 Å². The molecule has 2 heterocycles. The van der Waals surface area contributed by atoms with Gasteiger partial charge in [0.2, 0.25) is 0 Å². The van der Waals surface area contributed by atoms with Crippen LogP contribution in [0.5, 0.6) is 5.75 Å². The molecule has 25 heavy (non-hydrogen) atoms. The molecule has 2 aromatic heterocycles. The Labute approximate surface area is 153 Å². The summed E-state index contributed by atoms with van der Waals surface area (Å²) in [4.78, 5) is 20.7. The first-order valence-corrected chi connectivity index (χ1v) is 8.42. The summed E-state index contributed by atoms with van der Waals surface area (Å²) >= 11 is 3.40. The van der Waals surface area contributed by atoms with Crippen LogP contribution in [0, 0.1) is 13.8 Å². The summed E-state index contributed by atoms with van der Waals surface area (Å²) in [6.07, 6.45) is 1.56. The third-order valence-corrected chi connectivity index (χ3v) is 4.43. The number of ether oxygens (including phenoxy) is 2. The molecule has 0 fully saturated rings. The molecule has 0 saturated heterocycles. The third kappa shape index (κ3) is 3.63. The number of halogens is 1. The minimum absolute atomic E-state index is 0.122. The van der Waals surface area contributed by atoms with Crippen molar-refractivity contribution in [1.29, 1.82) is 0 Å². The van der Waals surface area contributed by atoms with Crippen molar-refractivity contribution in [2.24, 2.45) is 0 Å². The van der Waals surface area contributed by atoms with E-state index in [9.17, 15) is 4.79 Å². The Morgan fingerprint density at radius 2 is 2.12 bits per heavy atom. The van der Waals surface area contributed by atoms with Crippen molar-refractivity contribution >= 4 is 27.7 Å². The topological polar surface area (TPSA) is 78.6 Å². The maximum Gasteiger partial charge on any atom is 0.310 e. The van der Waals surface area contributed by atoms with Crippen LogP contribution in [0.3, 0.4) is 0 Å². The highest BCUT2D eigenvalue weighted by molar-refractivity contribution is 9.10. The lowest BCUT2D eigenvalue weighted by Gasteiger charge is -2.12. The fraction of sp³-hybridized carbons (Fsp3) is 0.294. The second kappa shape index (κ2) is 7.18. The van der Waals surface area contributed by atoms with Gasteiger partial charge in [0.1, 0.15) is 18.7 Å². The third-order valence-electron chi connectivity index (χ3n) is 3.94. The molecule has 1 aromatic carbocycles. The molecule has 0 aliphatic heterocycles. The lowest BCUT2D eigenvalue weighted by molar-refractivity contribution is -0.144. The van der Waals surface area contributed by atoms with Crippen LogP contribution in [0.4, 0.5) is 0 Å². The summed E-state index contributed by atoms with van der Waals surface area (Å²) in [7, 11) is 1.58. The minimum atomic E-state index is -0.338. The predicted molar refractivity (Wildman–Crippen MR) is 94.5 cm³/mol. The summed E-state index contributed by atoms with van der Waals surface area (Å²) in [5.41, 5.74) is 3.17. The van der Waals surface area contributed by atoms with E-state index in [1.807, 2.05) is 32.0 Å². The fourth-order valence-electron chi connectivity index (χ4n) is 2.62. The van der Waals surface area contributed by atoms with E-state index >= 15 is 0 Å². The van der Waals surface area contributed by atoms with Gasteiger partial charge < -0.3 is 9.47 Å². The maximum atomic E-state index is 12.3. The first-order chi connectivity index (χ1) is 12.0. The SMILES string of the molecule is COc1ccc(Br)cc1COC(=O)Cc1c(C)nc2ncnn2c1C. The number of benzene rings is 1. The van der Waals surface area contributed by atoms with E-state index in [4.69, 9.17) is 9.47 Å². The number of carbonyl (C=O) groups excluding carboxylic acids is 1. The second-order valence-corrected chi connectivity index (χ2v) is 6.44. The number of aromatic nitrogens is 4. The Hall–Kier alpha value is -2.48. The van der Waals surface area contributed by atoms with Crippen LogP contribution in [-0.4, -0.2) is 32.7 Å². The van der Waals surface area contributed by atoms with Crippen LogP contribution in [0.25, 0.3) is 5.78 Å². The Morgan fingerprint density at radius 1 is 1.32 bits per heavy atom. The van der Waals surface area contributed by atoms with Gasteiger partial charge >= 0.3 is 5.97 Å². The molecule has 0 unspecified atom stereocenters. The molecule has 0 amide bonds. The first-order valence-electron chi connectivity index (χ1n) is 7.63. The number of fused-ring (bicyclic) bond motifs is 1. The Kier molecular flexibility index (Phi) is 4.98. The predicted octanol–water partition coefficient (Wildman–Crippen LogP) is 2.80. The van der Waals surface area contributed by atoms with Gasteiger partial charge in [-0.1, -0.05) is 15.9 Å². The number of carbonyl (C=O) groups is 1. The molecular weight excluding hydrogens is 388 g/mol. The van der Waals surface area contributed by atoms with Crippen molar-refractivity contribution < 1.29 is 14.3 Å². The van der Waals surface area contributed by atoms with E-state index in [0.29, 0.717) is 11.5 Å². The maximum absolute atomic E-state index is 12.3. The monoisotopic (exact) mass is 404 g/mol. The van der Waals surface area contributed by atoms with E-state index < -0.39 is 0 Å². The van der Waals surface area contributed by atoms with Gasteiger partial charge in [0.15, 0.2) is 0 Å². The van der Waals surface area contributed by atoms with Crippen molar-refractivity contribution in [3.05, 3.63) is 51.5 Å². The summed E-state index contributed by atoms with van der Waals surface area (Å²) in [5.74, 6) is 0.856. The van der Waals surface area contributed by atoms with Crippen LogP contribution in [0.15, 0.2) is 29.0 Å². The van der Waals surface area contributed by atoms with Gasteiger partial charge in [0.25, 0.3) is 5.78 Å². The number of aryl methyl sites for hydroxylation is 2. The van der Waals surface area contributed by atoms with E-state index in [1.54, 1.807) is 11.6 Å². The smallest absolute Gasteiger partial charge is 0.310 e. The van der Waals surface area contributed by atoms with Crippen LogP contribution >= 0.6 is 15.9 Å². The van der Waals surface area contributed by atoms with Crippen molar-refractivity contribution in [3.63, 3.8) is 0 Å². The standard InChI is InChI=1S/C17H17BrN4O3/c1-10-14(11(2)22-17(21-10)19-9-20-22)7-16(23)25-8-12-6-13(18)4-5-15(12)24-3/h4-6,9H,7-8H2,1-3H3. The fourth-order valence-corrected chi connectivity index (χ4v) is 3.03. The van der Waals surface area contributed by atoms with E-state index in [0.717, 1.165) is 27.0 Å². The van der Waals surface area contributed by atoms with Gasteiger partial charge in [-0.25, -0.2) is 9.50 Å². The molecule has 8 heteroatoms. The van der Waals surface area contributed by atoms with Gasteiger partial charge in [0, 0.05) is 27.0 Å².